The zero-order valence-electron chi connectivity index (χ0n) is 13.2. The van der Waals surface area contributed by atoms with Crippen molar-refractivity contribution in [3.63, 3.8) is 0 Å². The Bertz CT molecular complexity index is 858. The van der Waals surface area contributed by atoms with Crippen LogP contribution < -0.4 is 5.32 Å². The maximum Gasteiger partial charge on any atom is 0.285 e. The van der Waals surface area contributed by atoms with E-state index in [0.717, 1.165) is 10.00 Å². The molecule has 1 aliphatic heterocycles. The molecular formula is C16H18N4O3S. The summed E-state index contributed by atoms with van der Waals surface area (Å²) in [5.41, 5.74) is 1.54. The van der Waals surface area contributed by atoms with Gasteiger partial charge in [-0.25, -0.2) is 17.7 Å². The van der Waals surface area contributed by atoms with Crippen molar-refractivity contribution < 1.29 is 13.2 Å². The van der Waals surface area contributed by atoms with Gasteiger partial charge in [0, 0.05) is 31.4 Å². The average Bonchev–Trinajstić information content (AvgIpc) is 3.14. The third-order valence-corrected chi connectivity index (χ3v) is 5.75. The van der Waals surface area contributed by atoms with E-state index >= 15 is 0 Å². The third-order valence-electron chi connectivity index (χ3n) is 3.79. The molecule has 126 valence electrons. The van der Waals surface area contributed by atoms with Crippen LogP contribution in [0.3, 0.4) is 0 Å². The number of benzene rings is 1. The number of imidazole rings is 1. The van der Waals surface area contributed by atoms with Crippen LogP contribution in [-0.4, -0.2) is 41.7 Å². The quantitative estimate of drug-likeness (QED) is 0.817. The Kier molecular flexibility index (Phi) is 4.39. The highest BCUT2D eigenvalue weighted by Gasteiger charge is 2.43. The molecule has 2 heterocycles. The van der Waals surface area contributed by atoms with E-state index < -0.39 is 15.9 Å². The van der Waals surface area contributed by atoms with Gasteiger partial charge in [-0.3, -0.25) is 4.79 Å². The van der Waals surface area contributed by atoms with E-state index in [-0.39, 0.29) is 17.1 Å². The Hall–Kier alpha value is -2.61. The molecule has 0 saturated heterocycles. The largest absolute Gasteiger partial charge is 0.379 e. The fourth-order valence-corrected chi connectivity index (χ4v) is 4.39. The van der Waals surface area contributed by atoms with Gasteiger partial charge < -0.3 is 10.3 Å². The molecule has 24 heavy (non-hydrogen) atoms. The van der Waals surface area contributed by atoms with Gasteiger partial charge in [-0.15, -0.1) is 0 Å². The number of aromatic nitrogens is 2. The lowest BCUT2D eigenvalue weighted by atomic mass is 10.2. The summed E-state index contributed by atoms with van der Waals surface area (Å²) < 4.78 is 26.4. The summed E-state index contributed by atoms with van der Waals surface area (Å²) in [7, 11) is -3.83. The number of sulfonamides is 1. The number of rotatable bonds is 6. The van der Waals surface area contributed by atoms with Gasteiger partial charge in [-0.1, -0.05) is 30.3 Å². The lowest BCUT2D eigenvalue weighted by Gasteiger charge is -2.13. The number of aromatic amines is 1. The summed E-state index contributed by atoms with van der Waals surface area (Å²) in [5, 5.41) is 3.00. The second-order valence-electron chi connectivity index (χ2n) is 5.30. The Labute approximate surface area is 140 Å². The monoisotopic (exact) mass is 346 g/mol. The number of amides is 1. The van der Waals surface area contributed by atoms with Crippen molar-refractivity contribution in [3.8, 4) is 0 Å². The maximum absolute atomic E-state index is 12.7. The molecule has 0 spiro atoms. The van der Waals surface area contributed by atoms with Crippen LogP contribution >= 0.6 is 0 Å². The number of likely N-dealkylation sites (N-methyl/N-ethyl adjacent to an activating group) is 1. The molecule has 2 N–H and O–H groups in total. The van der Waals surface area contributed by atoms with Crippen molar-refractivity contribution in [3.05, 3.63) is 59.8 Å². The highest BCUT2D eigenvalue weighted by Crippen LogP contribution is 2.34. The molecule has 0 saturated carbocycles. The summed E-state index contributed by atoms with van der Waals surface area (Å²) in [4.78, 5) is 19.5. The normalized spacial score (nSPS) is 16.7. The number of nitrogens with zero attached hydrogens (tertiary/aromatic N) is 2. The molecule has 0 atom stereocenters. The van der Waals surface area contributed by atoms with E-state index in [1.165, 1.54) is 0 Å². The number of carbonyl (C=O) groups excluding carboxylic acids is 1. The van der Waals surface area contributed by atoms with Gasteiger partial charge in [0.15, 0.2) is 0 Å². The summed E-state index contributed by atoms with van der Waals surface area (Å²) in [5.74, 6) is -0.513. The number of carbonyl (C=O) groups is 1. The fraction of sp³-hybridized carbons (Fsp3) is 0.250. The van der Waals surface area contributed by atoms with Crippen LogP contribution in [0.4, 0.5) is 0 Å². The molecule has 1 aromatic carbocycles. The first-order chi connectivity index (χ1) is 11.6. The second kappa shape index (κ2) is 6.48. The first-order valence-corrected chi connectivity index (χ1v) is 9.07. The Morgan fingerprint density at radius 2 is 2.00 bits per heavy atom. The highest BCUT2D eigenvalue weighted by molar-refractivity contribution is 7.99. The van der Waals surface area contributed by atoms with Crippen molar-refractivity contribution in [2.45, 2.75) is 13.3 Å². The van der Waals surface area contributed by atoms with Crippen LogP contribution in [0.15, 0.2) is 48.6 Å². The van der Waals surface area contributed by atoms with E-state index in [4.69, 9.17) is 0 Å². The third kappa shape index (κ3) is 2.80. The summed E-state index contributed by atoms with van der Waals surface area (Å²) in [6, 6.07) is 8.68. The van der Waals surface area contributed by atoms with E-state index in [1.54, 1.807) is 49.8 Å². The molecular weight excluding hydrogens is 328 g/mol. The zero-order chi connectivity index (χ0) is 17.2. The molecule has 7 nitrogen and oxygen atoms in total. The Morgan fingerprint density at radius 3 is 2.62 bits per heavy atom. The predicted molar refractivity (Wildman–Crippen MR) is 90.0 cm³/mol. The number of nitrogens with one attached hydrogen (secondary N) is 2. The van der Waals surface area contributed by atoms with Gasteiger partial charge in [0.1, 0.15) is 10.6 Å². The van der Waals surface area contributed by atoms with Gasteiger partial charge in [-0.2, -0.15) is 0 Å². The van der Waals surface area contributed by atoms with Crippen LogP contribution in [0.5, 0.6) is 0 Å². The molecule has 3 rings (SSSR count). The average molecular weight is 346 g/mol. The van der Waals surface area contributed by atoms with Gasteiger partial charge in [0.2, 0.25) is 0 Å². The van der Waals surface area contributed by atoms with Crippen LogP contribution in [0.25, 0.3) is 4.91 Å². The summed E-state index contributed by atoms with van der Waals surface area (Å²) in [6.45, 7) is 2.17. The van der Waals surface area contributed by atoms with E-state index in [0.29, 0.717) is 18.5 Å². The number of hydrogen-bond acceptors (Lipinski definition) is 5. The van der Waals surface area contributed by atoms with Gasteiger partial charge >= 0.3 is 0 Å². The molecule has 0 aliphatic carbocycles. The van der Waals surface area contributed by atoms with Crippen molar-refractivity contribution in [2.24, 2.45) is 0 Å². The van der Waals surface area contributed by atoms with Crippen molar-refractivity contribution >= 4 is 20.8 Å². The van der Waals surface area contributed by atoms with Crippen molar-refractivity contribution in [1.29, 1.82) is 0 Å². The van der Waals surface area contributed by atoms with Crippen LogP contribution in [0.2, 0.25) is 0 Å². The molecule has 8 heteroatoms. The molecule has 1 aromatic heterocycles. The first kappa shape index (κ1) is 16.3. The zero-order valence-corrected chi connectivity index (χ0v) is 14.0. The molecule has 1 amide bonds. The predicted octanol–water partition coefficient (Wildman–Crippen LogP) is 1.10. The first-order valence-electron chi connectivity index (χ1n) is 7.63. The van der Waals surface area contributed by atoms with Crippen molar-refractivity contribution in [1.82, 2.24) is 19.6 Å². The van der Waals surface area contributed by atoms with Gasteiger partial charge in [0.05, 0.1) is 6.33 Å². The lowest BCUT2D eigenvalue weighted by Crippen LogP contribution is -2.33. The number of H-pyrrole nitrogens is 1. The second-order valence-corrected chi connectivity index (χ2v) is 7.10. The van der Waals surface area contributed by atoms with E-state index in [9.17, 15) is 13.2 Å². The van der Waals surface area contributed by atoms with Gasteiger partial charge in [0.25, 0.3) is 15.9 Å². The summed E-state index contributed by atoms with van der Waals surface area (Å²) >= 11 is 0. The fourth-order valence-electron chi connectivity index (χ4n) is 2.67. The SMILES string of the molecule is CCN1C(=O)C(NCCc2cnc[nH]2)=C(c2ccccc2)S1(=O)=O. The maximum atomic E-state index is 12.7. The summed E-state index contributed by atoms with van der Waals surface area (Å²) in [6.07, 6.45) is 3.87. The minimum Gasteiger partial charge on any atom is -0.379 e. The van der Waals surface area contributed by atoms with E-state index in [1.807, 2.05) is 0 Å². The smallest absolute Gasteiger partial charge is 0.285 e. The van der Waals surface area contributed by atoms with E-state index in [2.05, 4.69) is 15.3 Å². The van der Waals surface area contributed by atoms with Gasteiger partial charge in [-0.05, 0) is 12.5 Å². The molecule has 0 bridgehead atoms. The minimum absolute atomic E-state index is 0.0413. The molecule has 0 fully saturated rings. The highest BCUT2D eigenvalue weighted by atomic mass is 32.2. The lowest BCUT2D eigenvalue weighted by molar-refractivity contribution is -0.122. The van der Waals surface area contributed by atoms with Crippen LogP contribution in [0.1, 0.15) is 18.2 Å². The Balaban J connectivity index is 1.94. The van der Waals surface area contributed by atoms with Crippen LogP contribution in [0, 0.1) is 0 Å². The molecule has 1 aliphatic rings. The Morgan fingerprint density at radius 1 is 1.25 bits per heavy atom. The molecule has 0 unspecified atom stereocenters. The number of hydrogen-bond donors (Lipinski definition) is 2. The molecule has 2 aromatic rings. The minimum atomic E-state index is -3.83. The van der Waals surface area contributed by atoms with Crippen molar-refractivity contribution in [2.75, 3.05) is 13.1 Å². The topological polar surface area (TPSA) is 95.2 Å². The molecule has 0 radical (unpaired) electrons. The van der Waals surface area contributed by atoms with Crippen LogP contribution in [-0.2, 0) is 21.2 Å². The standard InChI is InChI=1S/C16H18N4O3S/c1-2-20-16(21)14(18-9-8-13-10-17-11-19-13)15(24(20,22)23)12-6-4-3-5-7-12/h3-7,10-11,18H,2,8-9H2,1H3,(H,17,19).